The monoisotopic (exact) mass is 281 g/mol. The Morgan fingerprint density at radius 2 is 1.76 bits per heavy atom. The summed E-state index contributed by atoms with van der Waals surface area (Å²) in [7, 11) is 0. The van der Waals surface area contributed by atoms with Gasteiger partial charge in [-0.25, -0.2) is 4.68 Å². The van der Waals surface area contributed by atoms with E-state index in [0.717, 1.165) is 22.2 Å². The van der Waals surface area contributed by atoms with E-state index in [1.807, 2.05) is 41.9 Å². The first-order valence-electron chi connectivity index (χ1n) is 7.03. The number of fused-ring (bicyclic) bond motifs is 1. The van der Waals surface area contributed by atoms with Crippen molar-refractivity contribution in [1.29, 1.82) is 0 Å². The molecule has 0 unspecified atom stereocenters. The molecule has 0 aliphatic heterocycles. The van der Waals surface area contributed by atoms with E-state index < -0.39 is 0 Å². The third kappa shape index (κ3) is 2.17. The number of benzene rings is 2. The Morgan fingerprint density at radius 3 is 2.38 bits per heavy atom. The molecule has 21 heavy (non-hydrogen) atoms. The molecule has 3 aromatic rings. The van der Waals surface area contributed by atoms with E-state index in [1.165, 1.54) is 0 Å². The molecule has 0 saturated carbocycles. The summed E-state index contributed by atoms with van der Waals surface area (Å²) in [5.74, 6) is 0.252. The second-order valence-corrected chi connectivity index (χ2v) is 6.30. The fraction of sp³-hybridized carbons (Fsp3) is 0.294. The van der Waals surface area contributed by atoms with Gasteiger partial charge >= 0.3 is 0 Å². The second-order valence-electron chi connectivity index (χ2n) is 6.30. The number of hydrogen-bond donors (Lipinski definition) is 1. The highest BCUT2D eigenvalue weighted by Gasteiger charge is 2.23. The zero-order chi connectivity index (χ0) is 15.2. The maximum atomic E-state index is 10.2. The Balaban J connectivity index is 2.46. The van der Waals surface area contributed by atoms with E-state index in [2.05, 4.69) is 31.1 Å². The lowest BCUT2D eigenvalue weighted by atomic mass is 9.97. The van der Waals surface area contributed by atoms with Crippen LogP contribution in [0, 0.1) is 6.92 Å². The predicted molar refractivity (Wildman–Crippen MR) is 84.4 cm³/mol. The summed E-state index contributed by atoms with van der Waals surface area (Å²) < 4.78 is 1.93. The number of phenolic OH excluding ortho intramolecular Hbond substituents is 1. The maximum absolute atomic E-state index is 10.2. The highest BCUT2D eigenvalue weighted by atomic mass is 16.3. The van der Waals surface area contributed by atoms with Gasteiger partial charge in [0.2, 0.25) is 0 Å². The molecule has 108 valence electrons. The fourth-order valence-corrected chi connectivity index (χ4v) is 2.60. The van der Waals surface area contributed by atoms with Crippen molar-refractivity contribution in [3.63, 3.8) is 0 Å². The van der Waals surface area contributed by atoms with Crippen LogP contribution in [0.5, 0.6) is 5.75 Å². The normalized spacial score (nSPS) is 12.0. The van der Waals surface area contributed by atoms with Gasteiger partial charge in [0.25, 0.3) is 0 Å². The lowest BCUT2D eigenvalue weighted by Gasteiger charge is -2.21. The number of aromatic nitrogens is 3. The van der Waals surface area contributed by atoms with Gasteiger partial charge in [-0.3, -0.25) is 0 Å². The van der Waals surface area contributed by atoms with Crippen LogP contribution in [-0.4, -0.2) is 20.1 Å². The Morgan fingerprint density at radius 1 is 1.10 bits per heavy atom. The summed E-state index contributed by atoms with van der Waals surface area (Å²) in [6.07, 6.45) is 0. The van der Waals surface area contributed by atoms with Gasteiger partial charge in [-0.1, -0.05) is 35.5 Å². The molecular weight excluding hydrogens is 262 g/mol. The highest BCUT2D eigenvalue weighted by molar-refractivity contribution is 5.95. The molecule has 0 amide bonds. The van der Waals surface area contributed by atoms with E-state index in [9.17, 15) is 5.11 Å². The number of nitrogens with zero attached hydrogens (tertiary/aromatic N) is 3. The Labute approximate surface area is 124 Å². The van der Waals surface area contributed by atoms with Gasteiger partial charge in [-0.2, -0.15) is 0 Å². The van der Waals surface area contributed by atoms with E-state index in [4.69, 9.17) is 0 Å². The average molecular weight is 281 g/mol. The average Bonchev–Trinajstić information content (AvgIpc) is 2.84. The van der Waals surface area contributed by atoms with Crippen molar-refractivity contribution in [3.05, 3.63) is 42.0 Å². The van der Waals surface area contributed by atoms with Crippen LogP contribution in [0.2, 0.25) is 0 Å². The molecule has 3 rings (SSSR count). The van der Waals surface area contributed by atoms with Crippen LogP contribution in [0.4, 0.5) is 0 Å². The van der Waals surface area contributed by atoms with Crippen LogP contribution < -0.4 is 0 Å². The molecule has 0 atom stereocenters. The van der Waals surface area contributed by atoms with Gasteiger partial charge in [0.15, 0.2) is 0 Å². The summed E-state index contributed by atoms with van der Waals surface area (Å²) in [4.78, 5) is 0. The van der Waals surface area contributed by atoms with Gasteiger partial charge in [-0.15, -0.1) is 5.10 Å². The van der Waals surface area contributed by atoms with E-state index in [0.29, 0.717) is 5.52 Å². The summed E-state index contributed by atoms with van der Waals surface area (Å²) in [5, 5.41) is 18.7. The maximum Gasteiger partial charge on any atom is 0.121 e. The molecule has 0 aliphatic carbocycles. The number of rotatable bonds is 1. The van der Waals surface area contributed by atoms with Crippen molar-refractivity contribution in [1.82, 2.24) is 15.0 Å². The van der Waals surface area contributed by atoms with Crippen LogP contribution >= 0.6 is 0 Å². The minimum Gasteiger partial charge on any atom is -0.508 e. The smallest absolute Gasteiger partial charge is 0.121 e. The predicted octanol–water partition coefficient (Wildman–Crippen LogP) is 3.87. The Bertz CT molecular complexity index is 798. The number of aromatic hydroxyl groups is 1. The standard InChI is InChI=1S/C17H19N3O/c1-11-14(21)10-13-16(20(19-18-13)17(2,3)4)15(11)12-8-6-5-7-9-12/h5-10,21H,1-4H3. The minimum absolute atomic E-state index is 0.179. The second kappa shape index (κ2) is 4.58. The molecule has 2 aromatic carbocycles. The molecule has 0 bridgehead atoms. The molecular formula is C17H19N3O. The third-order valence-electron chi connectivity index (χ3n) is 3.66. The molecule has 0 aliphatic rings. The molecule has 4 heteroatoms. The SMILES string of the molecule is Cc1c(O)cc2nnn(C(C)(C)C)c2c1-c1ccccc1. The van der Waals surface area contributed by atoms with Gasteiger partial charge in [-0.05, 0) is 33.3 Å². The van der Waals surface area contributed by atoms with Crippen molar-refractivity contribution in [2.75, 3.05) is 0 Å². The summed E-state index contributed by atoms with van der Waals surface area (Å²) in [5.41, 5.74) is 4.40. The molecule has 0 spiro atoms. The van der Waals surface area contributed by atoms with Crippen molar-refractivity contribution in [2.24, 2.45) is 0 Å². The van der Waals surface area contributed by atoms with Gasteiger partial charge in [0.05, 0.1) is 11.1 Å². The summed E-state index contributed by atoms with van der Waals surface area (Å²) >= 11 is 0. The third-order valence-corrected chi connectivity index (χ3v) is 3.66. The molecule has 1 aromatic heterocycles. The van der Waals surface area contributed by atoms with E-state index in [-0.39, 0.29) is 11.3 Å². The largest absolute Gasteiger partial charge is 0.508 e. The van der Waals surface area contributed by atoms with Crippen LogP contribution in [0.25, 0.3) is 22.2 Å². The zero-order valence-corrected chi connectivity index (χ0v) is 12.8. The lowest BCUT2D eigenvalue weighted by Crippen LogP contribution is -2.23. The molecule has 0 saturated heterocycles. The molecule has 1 N–H and O–H groups in total. The van der Waals surface area contributed by atoms with Crippen LogP contribution in [-0.2, 0) is 5.54 Å². The van der Waals surface area contributed by atoms with Crippen molar-refractivity contribution in [2.45, 2.75) is 33.2 Å². The highest BCUT2D eigenvalue weighted by Crippen LogP contribution is 2.37. The van der Waals surface area contributed by atoms with Crippen molar-refractivity contribution < 1.29 is 5.11 Å². The quantitative estimate of drug-likeness (QED) is 0.736. The number of phenols is 1. The summed E-state index contributed by atoms with van der Waals surface area (Å²) in [6.45, 7) is 8.21. The first kappa shape index (κ1) is 13.6. The Kier molecular flexibility index (Phi) is 2.97. The van der Waals surface area contributed by atoms with E-state index in [1.54, 1.807) is 6.07 Å². The molecule has 0 fully saturated rings. The number of hydrogen-bond acceptors (Lipinski definition) is 3. The molecule has 4 nitrogen and oxygen atoms in total. The van der Waals surface area contributed by atoms with Crippen molar-refractivity contribution >= 4 is 11.0 Å². The van der Waals surface area contributed by atoms with Crippen LogP contribution in [0.15, 0.2) is 36.4 Å². The van der Waals surface area contributed by atoms with Crippen LogP contribution in [0.1, 0.15) is 26.3 Å². The van der Waals surface area contributed by atoms with E-state index >= 15 is 0 Å². The van der Waals surface area contributed by atoms with Crippen LogP contribution in [0.3, 0.4) is 0 Å². The first-order chi connectivity index (χ1) is 9.89. The topological polar surface area (TPSA) is 50.9 Å². The van der Waals surface area contributed by atoms with Gasteiger partial charge in [0, 0.05) is 17.2 Å². The summed E-state index contributed by atoms with van der Waals surface area (Å²) in [6, 6.07) is 11.7. The Hall–Kier alpha value is -2.36. The lowest BCUT2D eigenvalue weighted by molar-refractivity contribution is 0.358. The first-order valence-corrected chi connectivity index (χ1v) is 7.03. The minimum atomic E-state index is -0.179. The van der Waals surface area contributed by atoms with Gasteiger partial charge < -0.3 is 5.11 Å². The molecule has 1 heterocycles. The zero-order valence-electron chi connectivity index (χ0n) is 12.8. The molecule has 0 radical (unpaired) electrons. The fourth-order valence-electron chi connectivity index (χ4n) is 2.60. The van der Waals surface area contributed by atoms with Gasteiger partial charge in [0.1, 0.15) is 11.3 Å². The van der Waals surface area contributed by atoms with Crippen molar-refractivity contribution in [3.8, 4) is 16.9 Å².